The Balaban J connectivity index is 1.50. The molecule has 4 rings (SSSR count). The molecule has 2 aromatic heterocycles. The number of hydrogen-bond donors (Lipinski definition) is 3. The second-order valence-electron chi connectivity index (χ2n) is 7.37. The smallest absolute Gasteiger partial charge is 0.357 e. The van der Waals surface area contributed by atoms with Crippen LogP contribution in [0.5, 0.6) is 0 Å². The maximum Gasteiger partial charge on any atom is 0.357 e. The Hall–Kier alpha value is -3.71. The molecule has 3 aromatic rings. The number of fused-ring (bicyclic) bond motifs is 1. The van der Waals surface area contributed by atoms with Crippen LogP contribution in [0.25, 0.3) is 10.9 Å². The van der Waals surface area contributed by atoms with E-state index in [2.05, 4.69) is 10.2 Å². The van der Waals surface area contributed by atoms with Gasteiger partial charge in [-0.05, 0) is 24.3 Å². The van der Waals surface area contributed by atoms with Crippen molar-refractivity contribution in [3.05, 3.63) is 47.4 Å². The molecule has 168 valence electrons. The standard InChI is InChI=1S/C19H20N6O6S/c1-23-10-12(9-15(23)17(20)26)32(30,31)25-6-4-24(5-7-25)18(27)11-2-3-14-13(8-11)16(19(28)29)22-21-14/h2-3,8-10H,4-7H2,1H3,(H2,20,26)(H,21,22)(H,28,29). The fourth-order valence-corrected chi connectivity index (χ4v) is 5.19. The molecule has 1 aromatic carbocycles. The van der Waals surface area contributed by atoms with Gasteiger partial charge in [-0.25, -0.2) is 13.2 Å². The summed E-state index contributed by atoms with van der Waals surface area (Å²) < 4.78 is 28.5. The number of primary amides is 1. The van der Waals surface area contributed by atoms with E-state index in [0.29, 0.717) is 10.9 Å². The number of sulfonamides is 1. The molecular formula is C19H20N6O6S. The van der Waals surface area contributed by atoms with Gasteiger partial charge < -0.3 is 20.3 Å². The molecule has 0 aliphatic carbocycles. The lowest BCUT2D eigenvalue weighted by molar-refractivity contribution is 0.0685. The maximum absolute atomic E-state index is 12.9. The zero-order valence-corrected chi connectivity index (χ0v) is 17.8. The minimum absolute atomic E-state index is 0.0415. The molecule has 0 unspecified atom stereocenters. The largest absolute Gasteiger partial charge is 0.476 e. The molecule has 1 aliphatic heterocycles. The van der Waals surface area contributed by atoms with Crippen LogP contribution in [0.15, 0.2) is 35.4 Å². The first-order valence-electron chi connectivity index (χ1n) is 9.56. The quantitative estimate of drug-likeness (QED) is 0.475. The Morgan fingerprint density at radius 1 is 1.12 bits per heavy atom. The van der Waals surface area contributed by atoms with Gasteiger partial charge in [-0.15, -0.1) is 0 Å². The molecule has 1 aliphatic rings. The average molecular weight is 460 g/mol. The number of nitrogens with two attached hydrogens (primary N) is 1. The van der Waals surface area contributed by atoms with E-state index in [4.69, 9.17) is 5.73 Å². The van der Waals surface area contributed by atoms with Crippen LogP contribution in [-0.2, 0) is 17.1 Å². The van der Waals surface area contributed by atoms with E-state index in [9.17, 15) is 27.9 Å². The van der Waals surface area contributed by atoms with Gasteiger partial charge in [0, 0.05) is 50.4 Å². The van der Waals surface area contributed by atoms with Crippen LogP contribution in [0.3, 0.4) is 0 Å². The number of aromatic nitrogens is 3. The van der Waals surface area contributed by atoms with E-state index in [1.54, 1.807) is 12.1 Å². The number of aromatic amines is 1. The third kappa shape index (κ3) is 3.61. The minimum Gasteiger partial charge on any atom is -0.476 e. The van der Waals surface area contributed by atoms with E-state index in [-0.39, 0.29) is 53.9 Å². The number of carboxylic acids is 1. The summed E-state index contributed by atoms with van der Waals surface area (Å²) in [6.07, 6.45) is 1.33. The van der Waals surface area contributed by atoms with Crippen LogP contribution < -0.4 is 5.73 Å². The molecular weight excluding hydrogens is 440 g/mol. The summed E-state index contributed by atoms with van der Waals surface area (Å²) >= 11 is 0. The van der Waals surface area contributed by atoms with E-state index < -0.39 is 21.9 Å². The lowest BCUT2D eigenvalue weighted by atomic mass is 10.1. The molecule has 0 saturated carbocycles. The number of H-pyrrole nitrogens is 1. The van der Waals surface area contributed by atoms with Gasteiger partial charge in [0.1, 0.15) is 10.6 Å². The fourth-order valence-electron chi connectivity index (χ4n) is 3.69. The fraction of sp³-hybridized carbons (Fsp3) is 0.263. The number of aromatic carboxylic acids is 1. The first-order chi connectivity index (χ1) is 15.1. The molecule has 0 spiro atoms. The number of nitrogens with zero attached hydrogens (tertiary/aromatic N) is 4. The predicted octanol–water partition coefficient (Wildman–Crippen LogP) is -0.155. The van der Waals surface area contributed by atoms with Gasteiger partial charge in [-0.2, -0.15) is 9.40 Å². The Labute approximate surface area is 182 Å². The first-order valence-corrected chi connectivity index (χ1v) is 11.0. The molecule has 1 saturated heterocycles. The van der Waals surface area contributed by atoms with Gasteiger partial charge in [0.15, 0.2) is 5.69 Å². The third-order valence-electron chi connectivity index (χ3n) is 5.41. The lowest BCUT2D eigenvalue weighted by Crippen LogP contribution is -2.50. The van der Waals surface area contributed by atoms with Crippen molar-refractivity contribution in [2.24, 2.45) is 12.8 Å². The number of aryl methyl sites for hydroxylation is 1. The number of carboxylic acid groups (broad SMARTS) is 1. The van der Waals surface area contributed by atoms with Crippen molar-refractivity contribution < 1.29 is 27.9 Å². The van der Waals surface area contributed by atoms with Crippen molar-refractivity contribution >= 4 is 38.7 Å². The molecule has 0 bridgehead atoms. The van der Waals surface area contributed by atoms with Gasteiger partial charge in [0.05, 0.1) is 5.52 Å². The van der Waals surface area contributed by atoms with Crippen LogP contribution in [0.1, 0.15) is 31.3 Å². The van der Waals surface area contributed by atoms with Gasteiger partial charge in [0.2, 0.25) is 10.0 Å². The molecule has 2 amide bonds. The van der Waals surface area contributed by atoms with Crippen molar-refractivity contribution in [1.29, 1.82) is 0 Å². The second kappa shape index (κ2) is 7.76. The monoisotopic (exact) mass is 460 g/mol. The molecule has 4 N–H and O–H groups in total. The summed E-state index contributed by atoms with van der Waals surface area (Å²) in [6.45, 7) is 0.456. The summed E-state index contributed by atoms with van der Waals surface area (Å²) in [4.78, 5) is 37.1. The molecule has 13 heteroatoms. The predicted molar refractivity (Wildman–Crippen MR) is 112 cm³/mol. The summed E-state index contributed by atoms with van der Waals surface area (Å²) in [5.74, 6) is -2.28. The number of benzene rings is 1. The average Bonchev–Trinajstić information content (AvgIpc) is 3.37. The zero-order chi connectivity index (χ0) is 23.2. The zero-order valence-electron chi connectivity index (χ0n) is 17.0. The second-order valence-corrected chi connectivity index (χ2v) is 9.31. The van der Waals surface area contributed by atoms with Crippen LogP contribution in [0.2, 0.25) is 0 Å². The summed E-state index contributed by atoms with van der Waals surface area (Å²) in [5.41, 5.74) is 5.94. The number of carbonyl (C=O) groups excluding carboxylic acids is 2. The summed E-state index contributed by atoms with van der Waals surface area (Å²) in [5, 5.41) is 15.9. The van der Waals surface area contributed by atoms with Crippen LogP contribution in [0.4, 0.5) is 0 Å². The molecule has 1 fully saturated rings. The highest BCUT2D eigenvalue weighted by Crippen LogP contribution is 2.22. The van der Waals surface area contributed by atoms with Gasteiger partial charge in [-0.3, -0.25) is 14.7 Å². The highest BCUT2D eigenvalue weighted by atomic mass is 32.2. The molecule has 3 heterocycles. The number of nitrogens with one attached hydrogen (secondary N) is 1. The minimum atomic E-state index is -3.86. The third-order valence-corrected chi connectivity index (χ3v) is 7.27. The highest BCUT2D eigenvalue weighted by molar-refractivity contribution is 7.89. The molecule has 0 atom stereocenters. The van der Waals surface area contributed by atoms with Gasteiger partial charge >= 0.3 is 5.97 Å². The molecule has 0 radical (unpaired) electrons. The molecule has 12 nitrogen and oxygen atoms in total. The van der Waals surface area contributed by atoms with Crippen molar-refractivity contribution in [2.75, 3.05) is 26.2 Å². The first kappa shape index (κ1) is 21.5. The SMILES string of the molecule is Cn1cc(S(=O)(=O)N2CCN(C(=O)c3ccc4[nH]nc(C(=O)O)c4c3)CC2)cc1C(N)=O. The van der Waals surface area contributed by atoms with E-state index in [1.165, 1.54) is 39.1 Å². The van der Waals surface area contributed by atoms with Crippen molar-refractivity contribution in [3.63, 3.8) is 0 Å². The summed E-state index contributed by atoms with van der Waals surface area (Å²) in [6, 6.07) is 5.83. The number of amides is 2. The number of carbonyl (C=O) groups is 3. The number of hydrogen-bond acceptors (Lipinski definition) is 6. The normalized spacial score (nSPS) is 15.2. The van der Waals surface area contributed by atoms with E-state index >= 15 is 0 Å². The van der Waals surface area contributed by atoms with Gasteiger partial charge in [0.25, 0.3) is 11.8 Å². The van der Waals surface area contributed by atoms with Crippen molar-refractivity contribution in [3.8, 4) is 0 Å². The Bertz CT molecular complexity index is 1350. The summed E-state index contributed by atoms with van der Waals surface area (Å²) in [7, 11) is -2.33. The van der Waals surface area contributed by atoms with Crippen molar-refractivity contribution in [1.82, 2.24) is 24.0 Å². The van der Waals surface area contributed by atoms with Crippen molar-refractivity contribution in [2.45, 2.75) is 4.90 Å². The molecule has 32 heavy (non-hydrogen) atoms. The van der Waals surface area contributed by atoms with Gasteiger partial charge in [-0.1, -0.05) is 0 Å². The maximum atomic E-state index is 12.9. The van der Waals surface area contributed by atoms with Crippen LogP contribution in [0, 0.1) is 0 Å². The van der Waals surface area contributed by atoms with Crippen LogP contribution in [-0.4, -0.2) is 81.5 Å². The lowest BCUT2D eigenvalue weighted by Gasteiger charge is -2.33. The Morgan fingerprint density at radius 2 is 1.81 bits per heavy atom. The Morgan fingerprint density at radius 3 is 2.41 bits per heavy atom. The topological polar surface area (TPSA) is 172 Å². The number of rotatable bonds is 5. The highest BCUT2D eigenvalue weighted by Gasteiger charge is 2.32. The number of piperazine rings is 1. The van der Waals surface area contributed by atoms with E-state index in [0.717, 1.165) is 0 Å². The van der Waals surface area contributed by atoms with E-state index in [1.807, 2.05) is 0 Å². The van der Waals surface area contributed by atoms with Crippen LogP contribution >= 0.6 is 0 Å². The Kier molecular flexibility index (Phi) is 5.22.